The van der Waals surface area contributed by atoms with Crippen LogP contribution in [0, 0.1) is 6.92 Å². The Hall–Kier alpha value is -1.61. The molecule has 1 saturated heterocycles. The fourth-order valence-electron chi connectivity index (χ4n) is 2.78. The second-order valence-corrected chi connectivity index (χ2v) is 5.16. The zero-order valence-electron chi connectivity index (χ0n) is 10.6. The fourth-order valence-corrected chi connectivity index (χ4v) is 2.78. The van der Waals surface area contributed by atoms with Crippen LogP contribution in [0.4, 0.5) is 0 Å². The van der Waals surface area contributed by atoms with Crippen molar-refractivity contribution in [2.45, 2.75) is 32.2 Å². The average molecular weight is 242 g/mol. The molecule has 0 aliphatic carbocycles. The highest BCUT2D eigenvalue weighted by atomic mass is 16.1. The van der Waals surface area contributed by atoms with E-state index < -0.39 is 0 Å². The molecule has 0 saturated carbocycles. The highest BCUT2D eigenvalue weighted by Crippen LogP contribution is 2.17. The van der Waals surface area contributed by atoms with Gasteiger partial charge in [0.15, 0.2) is 0 Å². The summed E-state index contributed by atoms with van der Waals surface area (Å²) in [6.07, 6.45) is 3.22. The number of hydrogen-bond donors (Lipinski definition) is 2. The molecular weight excluding hydrogens is 224 g/mol. The number of pyridine rings is 1. The van der Waals surface area contributed by atoms with Crippen molar-refractivity contribution < 1.29 is 0 Å². The lowest BCUT2D eigenvalue weighted by Crippen LogP contribution is -2.27. The number of H-pyrrole nitrogens is 1. The predicted octanol–water partition coefficient (Wildman–Crippen LogP) is 2.13. The molecule has 1 aromatic heterocycles. The van der Waals surface area contributed by atoms with E-state index in [1.165, 1.54) is 12.8 Å². The van der Waals surface area contributed by atoms with Gasteiger partial charge < -0.3 is 10.3 Å². The standard InChI is InChI=1S/C15H18N2O/c1-10-4-2-5-11-8-12(15(18)17-14(10)11)9-13-6-3-7-16-13/h2,4-5,8,13,16H,3,6-7,9H2,1H3,(H,17,18). The molecule has 1 atom stereocenters. The van der Waals surface area contributed by atoms with Crippen LogP contribution in [0.3, 0.4) is 0 Å². The Bertz CT molecular complexity index is 624. The molecule has 3 rings (SSSR count). The van der Waals surface area contributed by atoms with Crippen molar-refractivity contribution >= 4 is 10.9 Å². The van der Waals surface area contributed by atoms with Gasteiger partial charge >= 0.3 is 0 Å². The van der Waals surface area contributed by atoms with Gasteiger partial charge in [-0.3, -0.25) is 4.79 Å². The van der Waals surface area contributed by atoms with Gasteiger partial charge in [-0.05, 0) is 49.7 Å². The Morgan fingerprint density at radius 3 is 3.06 bits per heavy atom. The van der Waals surface area contributed by atoms with Crippen LogP contribution < -0.4 is 10.9 Å². The van der Waals surface area contributed by atoms with E-state index in [2.05, 4.69) is 16.4 Å². The summed E-state index contributed by atoms with van der Waals surface area (Å²) in [5.74, 6) is 0. The second kappa shape index (κ2) is 4.58. The summed E-state index contributed by atoms with van der Waals surface area (Å²) in [6, 6.07) is 8.63. The van der Waals surface area contributed by atoms with Gasteiger partial charge in [0.1, 0.15) is 0 Å². The molecule has 0 bridgehead atoms. The molecule has 3 nitrogen and oxygen atoms in total. The molecule has 1 fully saturated rings. The lowest BCUT2D eigenvalue weighted by molar-refractivity contribution is 0.600. The SMILES string of the molecule is Cc1cccc2cc(CC3CCCN3)c(=O)[nH]c12. The first-order valence-electron chi connectivity index (χ1n) is 6.59. The molecule has 0 radical (unpaired) electrons. The van der Waals surface area contributed by atoms with Crippen LogP contribution in [-0.4, -0.2) is 17.6 Å². The maximum atomic E-state index is 12.1. The number of aromatic amines is 1. The first-order chi connectivity index (χ1) is 8.74. The van der Waals surface area contributed by atoms with Gasteiger partial charge in [-0.2, -0.15) is 0 Å². The third kappa shape index (κ3) is 2.06. The van der Waals surface area contributed by atoms with E-state index in [1.807, 2.05) is 25.1 Å². The van der Waals surface area contributed by atoms with E-state index in [0.717, 1.165) is 35.0 Å². The lowest BCUT2D eigenvalue weighted by Gasteiger charge is -2.10. The molecule has 1 aliphatic rings. The minimum absolute atomic E-state index is 0.0606. The molecule has 1 aromatic carbocycles. The quantitative estimate of drug-likeness (QED) is 0.847. The Kier molecular flexibility index (Phi) is 2.92. The summed E-state index contributed by atoms with van der Waals surface area (Å²) in [5.41, 5.74) is 3.04. The van der Waals surface area contributed by atoms with Gasteiger partial charge in [-0.25, -0.2) is 0 Å². The summed E-state index contributed by atoms with van der Waals surface area (Å²) in [7, 11) is 0. The zero-order valence-corrected chi connectivity index (χ0v) is 10.6. The van der Waals surface area contributed by atoms with Crippen LogP contribution in [-0.2, 0) is 6.42 Å². The minimum atomic E-state index is 0.0606. The molecule has 2 heterocycles. The van der Waals surface area contributed by atoms with Crippen LogP contribution in [0.25, 0.3) is 10.9 Å². The van der Waals surface area contributed by atoms with E-state index in [9.17, 15) is 4.79 Å². The number of aryl methyl sites for hydroxylation is 1. The van der Waals surface area contributed by atoms with Crippen LogP contribution in [0.15, 0.2) is 29.1 Å². The van der Waals surface area contributed by atoms with Gasteiger partial charge in [0.25, 0.3) is 5.56 Å². The Labute approximate surface area is 106 Å². The van der Waals surface area contributed by atoms with Gasteiger partial charge in [0.05, 0.1) is 5.52 Å². The van der Waals surface area contributed by atoms with E-state index in [0.29, 0.717) is 6.04 Å². The second-order valence-electron chi connectivity index (χ2n) is 5.16. The topological polar surface area (TPSA) is 44.9 Å². The Morgan fingerprint density at radius 2 is 2.28 bits per heavy atom. The van der Waals surface area contributed by atoms with Crippen LogP contribution >= 0.6 is 0 Å². The molecule has 94 valence electrons. The van der Waals surface area contributed by atoms with Crippen molar-refractivity contribution in [3.63, 3.8) is 0 Å². The number of benzene rings is 1. The van der Waals surface area contributed by atoms with Gasteiger partial charge in [0, 0.05) is 11.6 Å². The van der Waals surface area contributed by atoms with E-state index in [4.69, 9.17) is 0 Å². The molecule has 1 unspecified atom stereocenters. The number of fused-ring (bicyclic) bond motifs is 1. The van der Waals surface area contributed by atoms with Crippen molar-refractivity contribution in [3.8, 4) is 0 Å². The Morgan fingerprint density at radius 1 is 1.39 bits per heavy atom. The first kappa shape index (κ1) is 11.5. The Balaban J connectivity index is 2.02. The molecule has 1 aliphatic heterocycles. The highest BCUT2D eigenvalue weighted by Gasteiger charge is 2.16. The first-order valence-corrected chi connectivity index (χ1v) is 6.59. The normalized spacial score (nSPS) is 19.5. The van der Waals surface area contributed by atoms with E-state index in [1.54, 1.807) is 0 Å². The smallest absolute Gasteiger partial charge is 0.251 e. The number of rotatable bonds is 2. The van der Waals surface area contributed by atoms with Crippen molar-refractivity contribution in [3.05, 3.63) is 45.7 Å². The zero-order chi connectivity index (χ0) is 12.5. The number of aromatic nitrogens is 1. The summed E-state index contributed by atoms with van der Waals surface area (Å²) < 4.78 is 0. The molecule has 3 heteroatoms. The van der Waals surface area contributed by atoms with Crippen molar-refractivity contribution in [1.82, 2.24) is 10.3 Å². The third-order valence-electron chi connectivity index (χ3n) is 3.79. The van der Waals surface area contributed by atoms with E-state index >= 15 is 0 Å². The number of nitrogens with one attached hydrogen (secondary N) is 2. The largest absolute Gasteiger partial charge is 0.321 e. The van der Waals surface area contributed by atoms with Crippen LogP contribution in [0.2, 0.25) is 0 Å². The molecule has 0 amide bonds. The number of para-hydroxylation sites is 1. The molecular formula is C15H18N2O. The van der Waals surface area contributed by atoms with Gasteiger partial charge in [0.2, 0.25) is 0 Å². The maximum Gasteiger partial charge on any atom is 0.251 e. The fraction of sp³-hybridized carbons (Fsp3) is 0.400. The van der Waals surface area contributed by atoms with Crippen LogP contribution in [0.1, 0.15) is 24.0 Å². The van der Waals surface area contributed by atoms with Crippen molar-refractivity contribution in [1.29, 1.82) is 0 Å². The maximum absolute atomic E-state index is 12.1. The molecule has 2 aromatic rings. The lowest BCUT2D eigenvalue weighted by atomic mass is 10.0. The third-order valence-corrected chi connectivity index (χ3v) is 3.79. The predicted molar refractivity (Wildman–Crippen MR) is 74.0 cm³/mol. The van der Waals surface area contributed by atoms with Gasteiger partial charge in [-0.15, -0.1) is 0 Å². The monoisotopic (exact) mass is 242 g/mol. The number of hydrogen-bond acceptors (Lipinski definition) is 2. The van der Waals surface area contributed by atoms with Crippen LogP contribution in [0.5, 0.6) is 0 Å². The van der Waals surface area contributed by atoms with Crippen molar-refractivity contribution in [2.24, 2.45) is 0 Å². The summed E-state index contributed by atoms with van der Waals surface area (Å²) >= 11 is 0. The summed E-state index contributed by atoms with van der Waals surface area (Å²) in [4.78, 5) is 15.1. The minimum Gasteiger partial charge on any atom is -0.321 e. The average Bonchev–Trinajstić information content (AvgIpc) is 2.84. The summed E-state index contributed by atoms with van der Waals surface area (Å²) in [5, 5.41) is 4.57. The molecule has 18 heavy (non-hydrogen) atoms. The molecule has 0 spiro atoms. The summed E-state index contributed by atoms with van der Waals surface area (Å²) in [6.45, 7) is 3.10. The molecule has 2 N–H and O–H groups in total. The van der Waals surface area contributed by atoms with E-state index in [-0.39, 0.29) is 5.56 Å². The van der Waals surface area contributed by atoms with Crippen molar-refractivity contribution in [2.75, 3.05) is 6.54 Å². The van der Waals surface area contributed by atoms with Gasteiger partial charge in [-0.1, -0.05) is 18.2 Å². The highest BCUT2D eigenvalue weighted by molar-refractivity contribution is 5.81.